The SMILES string of the molecule is CC1CN(Cc2ccccc2)CCN1C(=O)C1CNCCO1. The Morgan fingerprint density at radius 1 is 1.32 bits per heavy atom. The van der Waals surface area contributed by atoms with Crippen molar-refractivity contribution in [2.45, 2.75) is 25.6 Å². The molecular weight excluding hydrogens is 278 g/mol. The molecule has 0 bridgehead atoms. The lowest BCUT2D eigenvalue weighted by atomic mass is 10.1. The lowest BCUT2D eigenvalue weighted by Gasteiger charge is -2.41. The Labute approximate surface area is 132 Å². The summed E-state index contributed by atoms with van der Waals surface area (Å²) in [6.45, 7) is 7.80. The number of hydrogen-bond acceptors (Lipinski definition) is 4. The molecule has 2 aliphatic rings. The summed E-state index contributed by atoms with van der Waals surface area (Å²) in [5, 5.41) is 3.23. The van der Waals surface area contributed by atoms with E-state index in [-0.39, 0.29) is 18.1 Å². The van der Waals surface area contributed by atoms with E-state index in [1.54, 1.807) is 0 Å². The van der Waals surface area contributed by atoms with Crippen molar-refractivity contribution >= 4 is 5.91 Å². The molecule has 0 saturated carbocycles. The fourth-order valence-corrected chi connectivity index (χ4v) is 3.25. The van der Waals surface area contributed by atoms with E-state index in [2.05, 4.69) is 41.4 Å². The van der Waals surface area contributed by atoms with Crippen LogP contribution in [-0.4, -0.2) is 67.2 Å². The summed E-state index contributed by atoms with van der Waals surface area (Å²) in [4.78, 5) is 17.0. The van der Waals surface area contributed by atoms with Gasteiger partial charge in [-0.25, -0.2) is 0 Å². The average molecular weight is 303 g/mol. The van der Waals surface area contributed by atoms with Crippen molar-refractivity contribution < 1.29 is 9.53 Å². The Morgan fingerprint density at radius 3 is 2.82 bits per heavy atom. The number of carbonyl (C=O) groups is 1. The van der Waals surface area contributed by atoms with E-state index in [9.17, 15) is 4.79 Å². The highest BCUT2D eigenvalue weighted by Gasteiger charge is 2.33. The van der Waals surface area contributed by atoms with Crippen molar-refractivity contribution in [1.29, 1.82) is 0 Å². The summed E-state index contributed by atoms with van der Waals surface area (Å²) in [5.74, 6) is 0.138. The number of hydrogen-bond donors (Lipinski definition) is 1. The van der Waals surface area contributed by atoms with Gasteiger partial charge in [0.1, 0.15) is 6.10 Å². The monoisotopic (exact) mass is 303 g/mol. The van der Waals surface area contributed by atoms with Crippen molar-refractivity contribution in [1.82, 2.24) is 15.1 Å². The maximum atomic E-state index is 12.6. The molecule has 2 atom stereocenters. The molecule has 2 aliphatic heterocycles. The highest BCUT2D eigenvalue weighted by Crippen LogP contribution is 2.15. The Bertz CT molecular complexity index is 488. The van der Waals surface area contributed by atoms with E-state index >= 15 is 0 Å². The summed E-state index contributed by atoms with van der Waals surface area (Å²) < 4.78 is 5.60. The molecule has 1 aromatic rings. The Hall–Kier alpha value is -1.43. The van der Waals surface area contributed by atoms with Crippen LogP contribution >= 0.6 is 0 Å². The van der Waals surface area contributed by atoms with E-state index in [4.69, 9.17) is 4.74 Å². The van der Waals surface area contributed by atoms with Crippen LogP contribution in [0.2, 0.25) is 0 Å². The molecule has 2 heterocycles. The predicted octanol–water partition coefficient (Wildman–Crippen LogP) is 0.708. The number of amides is 1. The number of piperazine rings is 1. The molecular formula is C17H25N3O2. The minimum absolute atomic E-state index is 0.138. The molecule has 2 saturated heterocycles. The number of nitrogens with one attached hydrogen (secondary N) is 1. The number of carbonyl (C=O) groups excluding carboxylic acids is 1. The maximum absolute atomic E-state index is 12.6. The topological polar surface area (TPSA) is 44.8 Å². The van der Waals surface area contributed by atoms with Crippen LogP contribution in [0, 0.1) is 0 Å². The van der Waals surface area contributed by atoms with Crippen molar-refractivity contribution in [3.63, 3.8) is 0 Å². The standard InChI is InChI=1S/C17H25N3O2/c1-14-12-19(13-15-5-3-2-4-6-15)8-9-20(14)17(21)16-11-18-7-10-22-16/h2-6,14,16,18H,7-13H2,1H3. The van der Waals surface area contributed by atoms with Gasteiger partial charge in [-0.2, -0.15) is 0 Å². The normalized spacial score (nSPS) is 26.9. The maximum Gasteiger partial charge on any atom is 0.253 e. The summed E-state index contributed by atoms with van der Waals surface area (Å²) in [5.41, 5.74) is 1.33. The number of morpholine rings is 1. The predicted molar refractivity (Wildman–Crippen MR) is 85.5 cm³/mol. The molecule has 0 aromatic heterocycles. The minimum Gasteiger partial charge on any atom is -0.366 e. The summed E-state index contributed by atoms with van der Waals surface area (Å²) in [6, 6.07) is 10.7. The number of ether oxygens (including phenoxy) is 1. The zero-order valence-corrected chi connectivity index (χ0v) is 13.2. The first-order valence-electron chi connectivity index (χ1n) is 8.13. The molecule has 120 valence electrons. The van der Waals surface area contributed by atoms with E-state index < -0.39 is 0 Å². The molecule has 1 N–H and O–H groups in total. The van der Waals surface area contributed by atoms with Crippen molar-refractivity contribution in [3.8, 4) is 0 Å². The lowest BCUT2D eigenvalue weighted by molar-refractivity contribution is -0.149. The zero-order chi connectivity index (χ0) is 15.4. The number of rotatable bonds is 3. The van der Waals surface area contributed by atoms with Gasteiger partial charge in [-0.3, -0.25) is 9.69 Å². The first-order valence-corrected chi connectivity index (χ1v) is 8.13. The third-order valence-electron chi connectivity index (χ3n) is 4.45. The quantitative estimate of drug-likeness (QED) is 0.893. The largest absolute Gasteiger partial charge is 0.366 e. The van der Waals surface area contributed by atoms with E-state index in [0.29, 0.717) is 13.2 Å². The van der Waals surface area contributed by atoms with Crippen LogP contribution in [-0.2, 0) is 16.1 Å². The van der Waals surface area contributed by atoms with Crippen molar-refractivity contribution in [3.05, 3.63) is 35.9 Å². The van der Waals surface area contributed by atoms with Gasteiger partial charge in [0.15, 0.2) is 0 Å². The van der Waals surface area contributed by atoms with Crippen LogP contribution in [0.25, 0.3) is 0 Å². The molecule has 5 nitrogen and oxygen atoms in total. The molecule has 1 aromatic carbocycles. The number of benzene rings is 1. The first-order chi connectivity index (χ1) is 10.7. The first kappa shape index (κ1) is 15.5. The van der Waals surface area contributed by atoms with Crippen LogP contribution in [0.4, 0.5) is 0 Å². The van der Waals surface area contributed by atoms with E-state index in [1.165, 1.54) is 5.56 Å². The molecule has 3 rings (SSSR count). The molecule has 0 aliphatic carbocycles. The van der Waals surface area contributed by atoms with Gasteiger partial charge in [0.05, 0.1) is 6.61 Å². The van der Waals surface area contributed by atoms with Crippen LogP contribution in [0.5, 0.6) is 0 Å². The molecule has 2 fully saturated rings. The minimum atomic E-state index is -0.308. The van der Waals surface area contributed by atoms with Gasteiger partial charge in [0, 0.05) is 45.3 Å². The lowest BCUT2D eigenvalue weighted by Crippen LogP contribution is -2.58. The average Bonchev–Trinajstić information content (AvgIpc) is 2.56. The smallest absolute Gasteiger partial charge is 0.253 e. The van der Waals surface area contributed by atoms with Crippen LogP contribution in [0.3, 0.4) is 0 Å². The molecule has 1 amide bonds. The summed E-state index contributed by atoms with van der Waals surface area (Å²) in [6.07, 6.45) is -0.308. The second-order valence-electron chi connectivity index (χ2n) is 6.16. The molecule has 2 unspecified atom stereocenters. The Kier molecular flexibility index (Phi) is 5.08. The molecule has 5 heteroatoms. The van der Waals surface area contributed by atoms with Crippen molar-refractivity contribution in [2.24, 2.45) is 0 Å². The fraction of sp³-hybridized carbons (Fsp3) is 0.588. The van der Waals surface area contributed by atoms with Gasteiger partial charge in [-0.1, -0.05) is 30.3 Å². The fourth-order valence-electron chi connectivity index (χ4n) is 3.25. The molecule has 22 heavy (non-hydrogen) atoms. The van der Waals surface area contributed by atoms with E-state index in [0.717, 1.165) is 32.7 Å². The van der Waals surface area contributed by atoms with Gasteiger partial charge >= 0.3 is 0 Å². The molecule has 0 spiro atoms. The van der Waals surface area contributed by atoms with Crippen LogP contribution in [0.15, 0.2) is 30.3 Å². The highest BCUT2D eigenvalue weighted by atomic mass is 16.5. The van der Waals surface area contributed by atoms with Gasteiger partial charge < -0.3 is 15.0 Å². The second kappa shape index (κ2) is 7.22. The summed E-state index contributed by atoms with van der Waals surface area (Å²) >= 11 is 0. The van der Waals surface area contributed by atoms with Crippen LogP contribution in [0.1, 0.15) is 12.5 Å². The highest BCUT2D eigenvalue weighted by molar-refractivity contribution is 5.81. The zero-order valence-electron chi connectivity index (χ0n) is 13.2. The third-order valence-corrected chi connectivity index (χ3v) is 4.45. The second-order valence-corrected chi connectivity index (χ2v) is 6.16. The van der Waals surface area contributed by atoms with Crippen LogP contribution < -0.4 is 5.32 Å². The third kappa shape index (κ3) is 3.66. The van der Waals surface area contributed by atoms with Gasteiger partial charge in [0.25, 0.3) is 5.91 Å². The molecule has 0 radical (unpaired) electrons. The Morgan fingerprint density at radius 2 is 2.14 bits per heavy atom. The van der Waals surface area contributed by atoms with Gasteiger partial charge in [0.2, 0.25) is 0 Å². The van der Waals surface area contributed by atoms with E-state index in [1.807, 2.05) is 11.0 Å². The van der Waals surface area contributed by atoms with Gasteiger partial charge in [-0.05, 0) is 12.5 Å². The summed E-state index contributed by atoms with van der Waals surface area (Å²) in [7, 11) is 0. The number of nitrogens with zero attached hydrogens (tertiary/aromatic N) is 2. The Balaban J connectivity index is 1.54. The van der Waals surface area contributed by atoms with Gasteiger partial charge in [-0.15, -0.1) is 0 Å². The van der Waals surface area contributed by atoms with Crippen molar-refractivity contribution in [2.75, 3.05) is 39.3 Å².